The fourth-order valence-electron chi connectivity index (χ4n) is 1.70. The Bertz CT molecular complexity index is 515. The predicted molar refractivity (Wildman–Crippen MR) is 71.7 cm³/mol. The van der Waals surface area contributed by atoms with Crippen molar-refractivity contribution >= 4 is 11.6 Å². The van der Waals surface area contributed by atoms with Gasteiger partial charge in [-0.15, -0.1) is 0 Å². The second-order valence-electron chi connectivity index (χ2n) is 4.20. The highest BCUT2D eigenvalue weighted by Crippen LogP contribution is 2.23. The lowest BCUT2D eigenvalue weighted by Crippen LogP contribution is -2.00. The first-order valence-corrected chi connectivity index (χ1v) is 6.09. The lowest BCUT2D eigenvalue weighted by atomic mass is 10.1. The molecule has 0 aliphatic rings. The molecule has 0 heterocycles. The minimum atomic E-state index is -0.413. The minimum absolute atomic E-state index is 0.122. The molecule has 0 saturated heterocycles. The van der Waals surface area contributed by atoms with Gasteiger partial charge in [0.25, 0.3) is 0 Å². The van der Waals surface area contributed by atoms with Crippen LogP contribution in [-0.4, -0.2) is 0 Å². The summed E-state index contributed by atoms with van der Waals surface area (Å²) in [5.41, 5.74) is 2.68. The van der Waals surface area contributed by atoms with Gasteiger partial charge in [0.2, 0.25) is 0 Å². The van der Waals surface area contributed by atoms with Crippen LogP contribution in [0.3, 0.4) is 0 Å². The second kappa shape index (κ2) is 5.40. The Kier molecular flexibility index (Phi) is 3.87. The van der Waals surface area contributed by atoms with Crippen LogP contribution in [0.5, 0.6) is 5.75 Å². The Labute approximate surface area is 111 Å². The van der Waals surface area contributed by atoms with Crippen molar-refractivity contribution in [2.24, 2.45) is 0 Å². The molecule has 2 aromatic carbocycles. The maximum Gasteiger partial charge on any atom is 0.148 e. The molecule has 0 radical (unpaired) electrons. The van der Waals surface area contributed by atoms with E-state index in [0.717, 1.165) is 16.9 Å². The predicted octanol–water partition coefficient (Wildman–Crippen LogP) is 4.67. The van der Waals surface area contributed by atoms with Gasteiger partial charge >= 0.3 is 0 Å². The van der Waals surface area contributed by atoms with Crippen molar-refractivity contribution in [3.63, 3.8) is 0 Å². The van der Waals surface area contributed by atoms with Crippen molar-refractivity contribution in [1.82, 2.24) is 0 Å². The van der Waals surface area contributed by atoms with Gasteiger partial charge in [0.15, 0.2) is 0 Å². The summed E-state index contributed by atoms with van der Waals surface area (Å²) in [5.74, 6) is 0.360. The van der Waals surface area contributed by atoms with Gasteiger partial charge in [-0.05, 0) is 37.1 Å². The highest BCUT2D eigenvalue weighted by molar-refractivity contribution is 6.30. The molecule has 0 N–H and O–H groups in total. The van der Waals surface area contributed by atoms with E-state index in [2.05, 4.69) is 0 Å². The molecule has 0 bridgehead atoms. The average Bonchev–Trinajstić information content (AvgIpc) is 2.36. The molecule has 0 atom stereocenters. The molecular weight excluding hydrogens is 251 g/mol. The van der Waals surface area contributed by atoms with Crippen LogP contribution in [0, 0.1) is 19.7 Å². The summed E-state index contributed by atoms with van der Waals surface area (Å²) in [7, 11) is 0. The van der Waals surface area contributed by atoms with Gasteiger partial charge < -0.3 is 4.74 Å². The van der Waals surface area contributed by atoms with E-state index in [4.69, 9.17) is 16.3 Å². The first-order chi connectivity index (χ1) is 8.59. The number of hydrogen-bond donors (Lipinski definition) is 0. The van der Waals surface area contributed by atoms with Gasteiger partial charge in [-0.1, -0.05) is 35.9 Å². The van der Waals surface area contributed by atoms with Gasteiger partial charge in [0.1, 0.15) is 18.2 Å². The summed E-state index contributed by atoms with van der Waals surface area (Å²) in [6.07, 6.45) is 0. The van der Waals surface area contributed by atoms with Crippen molar-refractivity contribution < 1.29 is 9.13 Å². The third-order valence-electron chi connectivity index (χ3n) is 2.97. The van der Waals surface area contributed by atoms with Gasteiger partial charge in [0.05, 0.1) is 5.02 Å². The van der Waals surface area contributed by atoms with Crippen LogP contribution in [0.2, 0.25) is 5.02 Å². The summed E-state index contributed by atoms with van der Waals surface area (Å²) in [6, 6.07) is 10.7. The van der Waals surface area contributed by atoms with E-state index in [-0.39, 0.29) is 11.6 Å². The molecule has 3 heteroatoms. The minimum Gasteiger partial charge on any atom is -0.489 e. The Morgan fingerprint density at radius 2 is 1.83 bits per heavy atom. The number of hydrogen-bond acceptors (Lipinski definition) is 1. The van der Waals surface area contributed by atoms with E-state index in [1.54, 1.807) is 12.1 Å². The molecule has 0 unspecified atom stereocenters. The molecule has 0 saturated carbocycles. The van der Waals surface area contributed by atoms with Crippen LogP contribution in [0.1, 0.15) is 16.7 Å². The number of aryl methyl sites for hydroxylation is 1. The average molecular weight is 265 g/mol. The van der Waals surface area contributed by atoms with Crippen LogP contribution in [0.25, 0.3) is 0 Å². The standard InChI is InChI=1S/C15H14ClFO/c1-10-5-3-8-14(11(10)2)18-9-12-6-4-7-13(16)15(12)17/h3-8H,9H2,1-2H3. The number of halogens is 2. The number of rotatable bonds is 3. The van der Waals surface area contributed by atoms with Gasteiger partial charge in [-0.25, -0.2) is 4.39 Å². The molecular formula is C15H14ClFO. The van der Waals surface area contributed by atoms with Crippen LogP contribution in [0.4, 0.5) is 4.39 Å². The van der Waals surface area contributed by atoms with E-state index >= 15 is 0 Å². The molecule has 2 aromatic rings. The van der Waals surface area contributed by atoms with Crippen LogP contribution in [-0.2, 0) is 6.61 Å². The highest BCUT2D eigenvalue weighted by Gasteiger charge is 2.08. The van der Waals surface area contributed by atoms with E-state index in [1.165, 1.54) is 6.07 Å². The fraction of sp³-hybridized carbons (Fsp3) is 0.200. The van der Waals surface area contributed by atoms with E-state index < -0.39 is 5.82 Å². The first-order valence-electron chi connectivity index (χ1n) is 5.71. The highest BCUT2D eigenvalue weighted by atomic mass is 35.5. The summed E-state index contributed by atoms with van der Waals surface area (Å²) in [4.78, 5) is 0. The Balaban J connectivity index is 2.17. The zero-order valence-electron chi connectivity index (χ0n) is 10.3. The summed E-state index contributed by atoms with van der Waals surface area (Å²) < 4.78 is 19.3. The first kappa shape index (κ1) is 12.9. The van der Waals surface area contributed by atoms with Crippen molar-refractivity contribution in [3.05, 3.63) is 63.9 Å². The maximum atomic E-state index is 13.7. The third-order valence-corrected chi connectivity index (χ3v) is 3.26. The molecule has 0 aromatic heterocycles. The molecule has 0 amide bonds. The van der Waals surface area contributed by atoms with E-state index in [1.807, 2.05) is 32.0 Å². The lowest BCUT2D eigenvalue weighted by molar-refractivity contribution is 0.297. The fourth-order valence-corrected chi connectivity index (χ4v) is 1.89. The Morgan fingerprint density at radius 3 is 2.61 bits per heavy atom. The number of ether oxygens (including phenoxy) is 1. The Morgan fingerprint density at radius 1 is 1.11 bits per heavy atom. The summed E-state index contributed by atoms with van der Waals surface area (Å²) in [6.45, 7) is 4.18. The van der Waals surface area contributed by atoms with Crippen molar-refractivity contribution in [2.45, 2.75) is 20.5 Å². The van der Waals surface area contributed by atoms with Crippen molar-refractivity contribution in [1.29, 1.82) is 0 Å². The molecule has 18 heavy (non-hydrogen) atoms. The second-order valence-corrected chi connectivity index (χ2v) is 4.61. The Hall–Kier alpha value is -1.54. The zero-order valence-corrected chi connectivity index (χ0v) is 11.1. The van der Waals surface area contributed by atoms with E-state index in [9.17, 15) is 4.39 Å². The van der Waals surface area contributed by atoms with Gasteiger partial charge in [0, 0.05) is 5.56 Å². The summed E-state index contributed by atoms with van der Waals surface area (Å²) in [5, 5.41) is 0.122. The van der Waals surface area contributed by atoms with E-state index in [0.29, 0.717) is 5.56 Å². The van der Waals surface area contributed by atoms with Gasteiger partial charge in [-0.3, -0.25) is 0 Å². The summed E-state index contributed by atoms with van der Waals surface area (Å²) >= 11 is 5.72. The molecule has 0 fully saturated rings. The lowest BCUT2D eigenvalue weighted by Gasteiger charge is -2.11. The molecule has 0 aliphatic carbocycles. The smallest absolute Gasteiger partial charge is 0.148 e. The van der Waals surface area contributed by atoms with Crippen molar-refractivity contribution in [3.8, 4) is 5.75 Å². The quantitative estimate of drug-likeness (QED) is 0.782. The molecule has 0 aliphatic heterocycles. The zero-order chi connectivity index (χ0) is 13.1. The van der Waals surface area contributed by atoms with Crippen LogP contribution >= 0.6 is 11.6 Å². The molecule has 1 nitrogen and oxygen atoms in total. The topological polar surface area (TPSA) is 9.23 Å². The molecule has 2 rings (SSSR count). The van der Waals surface area contributed by atoms with Crippen LogP contribution < -0.4 is 4.74 Å². The van der Waals surface area contributed by atoms with Gasteiger partial charge in [-0.2, -0.15) is 0 Å². The van der Waals surface area contributed by atoms with Crippen molar-refractivity contribution in [2.75, 3.05) is 0 Å². The van der Waals surface area contributed by atoms with Crippen LogP contribution in [0.15, 0.2) is 36.4 Å². The third kappa shape index (κ3) is 2.65. The monoisotopic (exact) mass is 264 g/mol. The molecule has 94 valence electrons. The number of benzene rings is 2. The normalized spacial score (nSPS) is 10.4. The largest absolute Gasteiger partial charge is 0.489 e. The maximum absolute atomic E-state index is 13.7. The SMILES string of the molecule is Cc1cccc(OCc2cccc(Cl)c2F)c1C. The molecule has 0 spiro atoms.